The number of quaternary nitrogens is 1. The zero-order chi connectivity index (χ0) is 23.6. The zero-order valence-electron chi connectivity index (χ0n) is 20.3. The number of benzene rings is 1. The van der Waals surface area contributed by atoms with E-state index >= 15 is 0 Å². The molecule has 1 N–H and O–H groups in total. The lowest BCUT2D eigenvalue weighted by Crippen LogP contribution is -2.66. The van der Waals surface area contributed by atoms with E-state index in [1.54, 1.807) is 12.4 Å². The summed E-state index contributed by atoms with van der Waals surface area (Å²) in [7, 11) is 0. The van der Waals surface area contributed by atoms with Gasteiger partial charge in [0, 0.05) is 19.0 Å². The van der Waals surface area contributed by atoms with Gasteiger partial charge >= 0.3 is 0 Å². The minimum absolute atomic E-state index is 0.0290. The van der Waals surface area contributed by atoms with Crippen LogP contribution in [0.5, 0.6) is 0 Å². The number of piperidine rings is 3. The SMILES string of the molecule is Cc1cncc(NC(=O)C[N+]23CCC(CC2)[C@@H](C(=O)C2(c4ccccc4)CCCCCC2)C3)n1. The van der Waals surface area contributed by atoms with Gasteiger partial charge in [-0.05, 0) is 31.2 Å². The highest BCUT2D eigenvalue weighted by atomic mass is 16.2. The summed E-state index contributed by atoms with van der Waals surface area (Å²) >= 11 is 0. The molecule has 6 nitrogen and oxygen atoms in total. The summed E-state index contributed by atoms with van der Waals surface area (Å²) < 4.78 is 0.725. The maximum absolute atomic E-state index is 14.4. The molecule has 6 rings (SSSR count). The Balaban J connectivity index is 1.36. The number of fused-ring (bicyclic) bond motifs is 3. The van der Waals surface area contributed by atoms with Crippen LogP contribution in [0.3, 0.4) is 0 Å². The Morgan fingerprint density at radius 1 is 1.03 bits per heavy atom. The highest BCUT2D eigenvalue weighted by Gasteiger charge is 2.54. The van der Waals surface area contributed by atoms with Crippen molar-refractivity contribution in [2.45, 2.75) is 63.7 Å². The van der Waals surface area contributed by atoms with Gasteiger partial charge in [-0.1, -0.05) is 56.0 Å². The Morgan fingerprint density at radius 2 is 1.74 bits per heavy atom. The molecule has 6 heteroatoms. The number of rotatable bonds is 6. The molecule has 0 spiro atoms. The molecule has 1 aliphatic carbocycles. The number of aryl methyl sites for hydroxylation is 1. The van der Waals surface area contributed by atoms with E-state index in [1.165, 1.54) is 18.4 Å². The smallest absolute Gasteiger partial charge is 0.280 e. The minimum Gasteiger partial charge on any atom is -0.315 e. The van der Waals surface area contributed by atoms with Crippen molar-refractivity contribution >= 4 is 17.5 Å². The van der Waals surface area contributed by atoms with Crippen LogP contribution in [-0.4, -0.2) is 52.3 Å². The zero-order valence-corrected chi connectivity index (χ0v) is 20.3. The highest BCUT2D eigenvalue weighted by molar-refractivity contribution is 5.93. The first kappa shape index (κ1) is 23.2. The molecule has 4 fully saturated rings. The number of Topliss-reactive ketones (excluding diaryl/α,β-unsaturated/α-hetero) is 1. The van der Waals surface area contributed by atoms with Crippen LogP contribution in [0, 0.1) is 18.8 Å². The van der Waals surface area contributed by atoms with Crippen LogP contribution in [0.4, 0.5) is 5.82 Å². The minimum atomic E-state index is -0.357. The lowest BCUT2D eigenvalue weighted by atomic mass is 9.63. The van der Waals surface area contributed by atoms with Crippen LogP contribution < -0.4 is 5.32 Å². The quantitative estimate of drug-likeness (QED) is 0.510. The molecule has 2 aromatic rings. The van der Waals surface area contributed by atoms with Crippen LogP contribution in [0.25, 0.3) is 0 Å². The number of anilines is 1. The van der Waals surface area contributed by atoms with E-state index in [1.807, 2.05) is 13.0 Å². The molecule has 2 bridgehead atoms. The van der Waals surface area contributed by atoms with Gasteiger partial charge < -0.3 is 9.80 Å². The molecule has 1 aromatic carbocycles. The Morgan fingerprint density at radius 3 is 2.41 bits per heavy atom. The summed E-state index contributed by atoms with van der Waals surface area (Å²) in [5.74, 6) is 1.44. The summed E-state index contributed by atoms with van der Waals surface area (Å²) in [5.41, 5.74) is 1.63. The fourth-order valence-electron chi connectivity index (χ4n) is 6.94. The van der Waals surface area contributed by atoms with Crippen molar-refractivity contribution in [3.8, 4) is 0 Å². The molecule has 1 atom stereocenters. The van der Waals surface area contributed by atoms with Crippen LogP contribution in [0.15, 0.2) is 42.7 Å². The molecule has 34 heavy (non-hydrogen) atoms. The van der Waals surface area contributed by atoms with Gasteiger partial charge in [-0.15, -0.1) is 0 Å². The monoisotopic (exact) mass is 461 g/mol. The van der Waals surface area contributed by atoms with Gasteiger partial charge in [0.1, 0.15) is 0 Å². The predicted octanol–water partition coefficient (Wildman–Crippen LogP) is 4.44. The maximum Gasteiger partial charge on any atom is 0.280 e. The topological polar surface area (TPSA) is 72.0 Å². The Labute approximate surface area is 202 Å². The molecule has 0 radical (unpaired) electrons. The van der Waals surface area contributed by atoms with Crippen molar-refractivity contribution in [3.05, 3.63) is 54.0 Å². The molecule has 1 saturated carbocycles. The van der Waals surface area contributed by atoms with Gasteiger partial charge in [0.2, 0.25) is 0 Å². The Bertz CT molecular complexity index is 1020. The molecule has 180 valence electrons. The first-order chi connectivity index (χ1) is 16.5. The molecule has 0 unspecified atom stereocenters. The molecule has 1 amide bonds. The third-order valence-electron chi connectivity index (χ3n) is 8.69. The van der Waals surface area contributed by atoms with Gasteiger partial charge in [0.05, 0.1) is 42.9 Å². The maximum atomic E-state index is 14.4. The van der Waals surface area contributed by atoms with Crippen LogP contribution >= 0.6 is 0 Å². The summed E-state index contributed by atoms with van der Waals surface area (Å²) in [6.45, 7) is 5.04. The average molecular weight is 462 g/mol. The van der Waals surface area contributed by atoms with E-state index in [4.69, 9.17) is 0 Å². The number of hydrogen-bond acceptors (Lipinski definition) is 4. The highest BCUT2D eigenvalue weighted by Crippen LogP contribution is 2.46. The van der Waals surface area contributed by atoms with E-state index in [2.05, 4.69) is 39.6 Å². The number of carbonyl (C=O) groups is 2. The number of carbonyl (C=O) groups excluding carboxylic acids is 2. The molecule has 1 aromatic heterocycles. The van der Waals surface area contributed by atoms with Crippen LogP contribution in [-0.2, 0) is 15.0 Å². The van der Waals surface area contributed by atoms with Gasteiger partial charge in [0.15, 0.2) is 18.1 Å². The largest absolute Gasteiger partial charge is 0.315 e. The van der Waals surface area contributed by atoms with Gasteiger partial charge in [0.25, 0.3) is 5.91 Å². The first-order valence-corrected chi connectivity index (χ1v) is 13.0. The van der Waals surface area contributed by atoms with E-state index in [0.29, 0.717) is 24.1 Å². The predicted molar refractivity (Wildman–Crippen MR) is 132 cm³/mol. The normalized spacial score (nSPS) is 28.1. The second-order valence-electron chi connectivity index (χ2n) is 10.9. The van der Waals surface area contributed by atoms with E-state index < -0.39 is 0 Å². The first-order valence-electron chi connectivity index (χ1n) is 13.0. The number of ketones is 1. The average Bonchev–Trinajstić information content (AvgIpc) is 3.11. The van der Waals surface area contributed by atoms with Crippen LogP contribution in [0.1, 0.15) is 62.6 Å². The van der Waals surface area contributed by atoms with Crippen molar-refractivity contribution in [2.75, 3.05) is 31.5 Å². The number of hydrogen-bond donors (Lipinski definition) is 1. The third kappa shape index (κ3) is 4.52. The van der Waals surface area contributed by atoms with Gasteiger partial charge in [-0.2, -0.15) is 0 Å². The summed E-state index contributed by atoms with van der Waals surface area (Å²) in [6, 6.07) is 10.6. The fourth-order valence-corrected chi connectivity index (χ4v) is 6.94. The molecule has 4 heterocycles. The number of amides is 1. The van der Waals surface area contributed by atoms with Crippen molar-refractivity contribution < 1.29 is 14.1 Å². The Hall–Kier alpha value is -2.60. The molecular weight excluding hydrogens is 424 g/mol. The molecule has 4 aliphatic rings. The molecule has 3 saturated heterocycles. The Kier molecular flexibility index (Phi) is 6.52. The third-order valence-corrected chi connectivity index (χ3v) is 8.69. The lowest BCUT2D eigenvalue weighted by Gasteiger charge is -2.53. The van der Waals surface area contributed by atoms with Gasteiger partial charge in [-0.3, -0.25) is 14.6 Å². The molecular formula is C28H37N4O2+. The number of aromatic nitrogens is 2. The summed E-state index contributed by atoms with van der Waals surface area (Å²) in [5, 5.41) is 2.94. The van der Waals surface area contributed by atoms with E-state index in [9.17, 15) is 9.59 Å². The summed E-state index contributed by atoms with van der Waals surface area (Å²) in [4.78, 5) is 35.9. The standard InChI is InChI=1S/C28H36N4O2/c1-21-17-29-18-25(30-21)31-26(33)20-32-15-11-22(12-16-32)24(19-32)27(34)28(13-7-2-3-8-14-28)23-9-5-4-6-10-23/h4-6,9-10,17-18,22,24H,2-3,7-8,11-16,19-20H2,1H3/p+1/t22?,24-,32?/m0/s1. The van der Waals surface area contributed by atoms with Crippen molar-refractivity contribution in [2.24, 2.45) is 11.8 Å². The van der Waals surface area contributed by atoms with E-state index in [-0.39, 0.29) is 17.2 Å². The lowest BCUT2D eigenvalue weighted by molar-refractivity contribution is -0.938. The number of nitrogens with zero attached hydrogens (tertiary/aromatic N) is 3. The van der Waals surface area contributed by atoms with Crippen molar-refractivity contribution in [1.29, 1.82) is 0 Å². The second-order valence-corrected chi connectivity index (χ2v) is 10.9. The molecule has 3 aliphatic heterocycles. The van der Waals surface area contributed by atoms with Gasteiger partial charge in [-0.25, -0.2) is 4.98 Å². The van der Waals surface area contributed by atoms with Crippen molar-refractivity contribution in [3.63, 3.8) is 0 Å². The van der Waals surface area contributed by atoms with Crippen LogP contribution in [0.2, 0.25) is 0 Å². The summed E-state index contributed by atoms with van der Waals surface area (Å²) in [6.07, 6.45) is 12.0. The van der Waals surface area contributed by atoms with E-state index in [0.717, 1.165) is 68.3 Å². The van der Waals surface area contributed by atoms with Crippen molar-refractivity contribution in [1.82, 2.24) is 9.97 Å². The number of nitrogens with one attached hydrogen (secondary N) is 1. The fraction of sp³-hybridized carbons (Fsp3) is 0.571. The second kappa shape index (κ2) is 9.57.